The molecule has 0 radical (unpaired) electrons. The van der Waals surface area contributed by atoms with Crippen LogP contribution in [0.5, 0.6) is 0 Å². The van der Waals surface area contributed by atoms with Gasteiger partial charge in [-0.3, -0.25) is 0 Å². The predicted molar refractivity (Wildman–Crippen MR) is 94.4 cm³/mol. The minimum Gasteiger partial charge on any atom is -0.399 e. The van der Waals surface area contributed by atoms with Crippen molar-refractivity contribution in [2.45, 2.75) is 44.5 Å². The monoisotopic (exact) mass is 326 g/mol. The van der Waals surface area contributed by atoms with Gasteiger partial charge in [-0.05, 0) is 49.5 Å². The van der Waals surface area contributed by atoms with Crippen LogP contribution in [0.4, 0.5) is 0 Å². The number of fused-ring (bicyclic) bond motifs is 1. The van der Waals surface area contributed by atoms with Gasteiger partial charge in [0.1, 0.15) is 5.60 Å². The van der Waals surface area contributed by atoms with Crippen LogP contribution in [-0.4, -0.2) is 36.6 Å². The Kier molecular flexibility index (Phi) is 3.39. The molecule has 5 heteroatoms. The zero-order chi connectivity index (χ0) is 17.2. The van der Waals surface area contributed by atoms with Crippen LogP contribution in [0.1, 0.15) is 33.3 Å². The van der Waals surface area contributed by atoms with Gasteiger partial charge < -0.3 is 19.2 Å². The van der Waals surface area contributed by atoms with E-state index in [0.717, 1.165) is 21.8 Å². The van der Waals surface area contributed by atoms with E-state index < -0.39 is 12.7 Å². The summed E-state index contributed by atoms with van der Waals surface area (Å²) in [6, 6.07) is 12.1. The number of aliphatic hydroxyl groups is 1. The first kappa shape index (κ1) is 16.1. The van der Waals surface area contributed by atoms with Crippen LogP contribution in [0.15, 0.2) is 36.4 Å². The zero-order valence-electron chi connectivity index (χ0n) is 14.6. The predicted octanol–water partition coefficient (Wildman–Crippen LogP) is 2.36. The molecule has 0 bridgehead atoms. The van der Waals surface area contributed by atoms with Crippen molar-refractivity contribution < 1.29 is 19.2 Å². The van der Waals surface area contributed by atoms with Crippen molar-refractivity contribution in [2.24, 2.45) is 0 Å². The highest BCUT2D eigenvalue weighted by Crippen LogP contribution is 2.38. The molecule has 2 saturated heterocycles. The van der Waals surface area contributed by atoms with E-state index in [2.05, 4.69) is 33.8 Å². The normalized spacial score (nSPS) is 24.1. The average molecular weight is 326 g/mol. The smallest absolute Gasteiger partial charge is 0.399 e. The molecule has 2 heterocycles. The number of benzene rings is 2. The first-order valence-corrected chi connectivity index (χ1v) is 8.41. The molecular formula is C19H23BO4. The van der Waals surface area contributed by atoms with Gasteiger partial charge in [0.2, 0.25) is 0 Å². The quantitative estimate of drug-likeness (QED) is 0.861. The minimum absolute atomic E-state index is 0.340. The van der Waals surface area contributed by atoms with Crippen molar-refractivity contribution in [1.82, 2.24) is 0 Å². The van der Waals surface area contributed by atoms with Gasteiger partial charge in [-0.2, -0.15) is 0 Å². The third kappa shape index (κ3) is 2.23. The van der Waals surface area contributed by atoms with E-state index >= 15 is 0 Å². The molecule has 0 aliphatic carbocycles. The molecule has 2 aromatic carbocycles. The standard InChI is InChI=1S/C19H23BO4/c1-17(2)18(3,4)24-20(23-17)16-10-9-15(19(21)11-22-12-19)13-7-5-6-8-14(13)16/h5-10,21H,11-12H2,1-4H3. The third-order valence-corrected chi connectivity index (χ3v) is 5.65. The second-order valence-corrected chi connectivity index (χ2v) is 7.86. The summed E-state index contributed by atoms with van der Waals surface area (Å²) in [7, 11) is -0.416. The molecule has 4 rings (SSSR count). The van der Waals surface area contributed by atoms with Crippen molar-refractivity contribution in [1.29, 1.82) is 0 Å². The van der Waals surface area contributed by atoms with Gasteiger partial charge in [0.05, 0.1) is 24.4 Å². The zero-order valence-corrected chi connectivity index (χ0v) is 14.6. The number of rotatable bonds is 2. The van der Waals surface area contributed by atoms with E-state index in [4.69, 9.17) is 14.0 Å². The molecule has 0 amide bonds. The number of ether oxygens (including phenoxy) is 1. The van der Waals surface area contributed by atoms with E-state index in [0.29, 0.717) is 13.2 Å². The van der Waals surface area contributed by atoms with Crippen molar-refractivity contribution in [2.75, 3.05) is 13.2 Å². The molecule has 4 nitrogen and oxygen atoms in total. The summed E-state index contributed by atoms with van der Waals surface area (Å²) in [4.78, 5) is 0. The second-order valence-electron chi connectivity index (χ2n) is 7.86. The summed E-state index contributed by atoms with van der Waals surface area (Å²) in [6.07, 6.45) is 0. The highest BCUT2D eigenvalue weighted by Gasteiger charge is 2.52. The minimum atomic E-state index is -0.895. The van der Waals surface area contributed by atoms with Crippen LogP contribution in [0.2, 0.25) is 0 Å². The molecule has 2 aliphatic rings. The van der Waals surface area contributed by atoms with Crippen molar-refractivity contribution in [3.8, 4) is 0 Å². The molecule has 1 N–H and O–H groups in total. The summed E-state index contributed by atoms with van der Waals surface area (Å²) in [5, 5.41) is 12.8. The van der Waals surface area contributed by atoms with E-state index in [1.54, 1.807) is 0 Å². The Hall–Kier alpha value is -1.40. The molecule has 126 valence electrons. The van der Waals surface area contributed by atoms with Crippen LogP contribution in [0.25, 0.3) is 10.8 Å². The van der Waals surface area contributed by atoms with Crippen LogP contribution < -0.4 is 5.46 Å². The Balaban J connectivity index is 1.83. The van der Waals surface area contributed by atoms with E-state index in [-0.39, 0.29) is 11.2 Å². The molecule has 2 fully saturated rings. The molecule has 0 saturated carbocycles. The van der Waals surface area contributed by atoms with Crippen molar-refractivity contribution >= 4 is 23.4 Å². The fraction of sp³-hybridized carbons (Fsp3) is 0.474. The molecule has 24 heavy (non-hydrogen) atoms. The SMILES string of the molecule is CC1(C)OB(c2ccc(C3(O)COC3)c3ccccc23)OC1(C)C. The summed E-state index contributed by atoms with van der Waals surface area (Å²) < 4.78 is 17.7. The Morgan fingerprint density at radius 1 is 0.875 bits per heavy atom. The van der Waals surface area contributed by atoms with Gasteiger partial charge in [-0.25, -0.2) is 0 Å². The van der Waals surface area contributed by atoms with Crippen LogP contribution >= 0.6 is 0 Å². The highest BCUT2D eigenvalue weighted by atomic mass is 16.7. The van der Waals surface area contributed by atoms with Crippen molar-refractivity contribution in [3.05, 3.63) is 42.0 Å². The lowest BCUT2D eigenvalue weighted by Crippen LogP contribution is -2.47. The first-order valence-electron chi connectivity index (χ1n) is 8.41. The van der Waals surface area contributed by atoms with Gasteiger partial charge in [0, 0.05) is 0 Å². The van der Waals surface area contributed by atoms with Crippen LogP contribution in [0.3, 0.4) is 0 Å². The summed E-state index contributed by atoms with van der Waals surface area (Å²) in [5.74, 6) is 0. The van der Waals surface area contributed by atoms with Crippen LogP contribution in [0, 0.1) is 0 Å². The fourth-order valence-corrected chi connectivity index (χ4v) is 3.35. The van der Waals surface area contributed by atoms with Gasteiger partial charge in [-0.15, -0.1) is 0 Å². The molecule has 2 aromatic rings. The summed E-state index contributed by atoms with van der Waals surface area (Å²) >= 11 is 0. The summed E-state index contributed by atoms with van der Waals surface area (Å²) in [5.41, 5.74) is 0.254. The molecule has 0 atom stereocenters. The van der Waals surface area contributed by atoms with E-state index in [1.165, 1.54) is 0 Å². The molecule has 0 spiro atoms. The topological polar surface area (TPSA) is 47.9 Å². The van der Waals surface area contributed by atoms with E-state index in [9.17, 15) is 5.11 Å². The first-order chi connectivity index (χ1) is 11.2. The highest BCUT2D eigenvalue weighted by molar-refractivity contribution is 6.65. The Bertz CT molecular complexity index is 779. The third-order valence-electron chi connectivity index (χ3n) is 5.65. The Morgan fingerprint density at radius 3 is 2.00 bits per heavy atom. The van der Waals surface area contributed by atoms with Gasteiger partial charge in [0.25, 0.3) is 0 Å². The molecule has 2 aliphatic heterocycles. The lowest BCUT2D eigenvalue weighted by atomic mass is 9.74. The van der Waals surface area contributed by atoms with Gasteiger partial charge in [-0.1, -0.05) is 36.4 Å². The average Bonchev–Trinajstić information content (AvgIpc) is 2.72. The largest absolute Gasteiger partial charge is 0.495 e. The molecule has 0 aromatic heterocycles. The maximum absolute atomic E-state index is 10.7. The van der Waals surface area contributed by atoms with E-state index in [1.807, 2.05) is 30.3 Å². The lowest BCUT2D eigenvalue weighted by Gasteiger charge is -2.37. The molecular weight excluding hydrogens is 303 g/mol. The van der Waals surface area contributed by atoms with Gasteiger partial charge >= 0.3 is 7.12 Å². The number of hydrogen-bond donors (Lipinski definition) is 1. The lowest BCUT2D eigenvalue weighted by molar-refractivity contribution is -0.183. The Morgan fingerprint density at radius 2 is 1.46 bits per heavy atom. The maximum Gasteiger partial charge on any atom is 0.495 e. The second kappa shape index (κ2) is 5.05. The number of hydrogen-bond acceptors (Lipinski definition) is 4. The van der Waals surface area contributed by atoms with Crippen LogP contribution in [-0.2, 0) is 19.6 Å². The molecule has 0 unspecified atom stereocenters. The maximum atomic E-state index is 10.7. The Labute approximate surface area is 142 Å². The fourth-order valence-electron chi connectivity index (χ4n) is 3.35. The van der Waals surface area contributed by atoms with Crippen molar-refractivity contribution in [3.63, 3.8) is 0 Å². The van der Waals surface area contributed by atoms with Gasteiger partial charge in [0.15, 0.2) is 0 Å². The summed E-state index contributed by atoms with van der Waals surface area (Å²) in [6.45, 7) is 8.89.